The Labute approximate surface area is 103 Å². The lowest BCUT2D eigenvalue weighted by atomic mass is 10.3. The van der Waals surface area contributed by atoms with Crippen molar-refractivity contribution in [1.82, 2.24) is 15.5 Å². The molecular formula is C12H22N4O. The summed E-state index contributed by atoms with van der Waals surface area (Å²) in [5, 5.41) is 11.4. The summed E-state index contributed by atoms with van der Waals surface area (Å²) in [5.74, 6) is 1.50. The molecule has 5 nitrogen and oxygen atoms in total. The summed E-state index contributed by atoms with van der Waals surface area (Å²) in [6.45, 7) is 6.24. The van der Waals surface area contributed by atoms with Gasteiger partial charge in [-0.2, -0.15) is 0 Å². The van der Waals surface area contributed by atoms with Crippen LogP contribution in [0, 0.1) is 5.92 Å². The zero-order valence-electron chi connectivity index (χ0n) is 10.9. The molecule has 2 rings (SSSR count). The summed E-state index contributed by atoms with van der Waals surface area (Å²) in [7, 11) is 1.89. The maximum atomic E-state index is 5.72. The van der Waals surface area contributed by atoms with Crippen molar-refractivity contribution in [2.24, 2.45) is 5.92 Å². The normalized spacial score (nSPS) is 17.1. The van der Waals surface area contributed by atoms with Gasteiger partial charge in [0, 0.05) is 13.1 Å². The molecule has 1 atom stereocenters. The number of hydrogen-bond acceptors (Lipinski definition) is 5. The fraction of sp³-hybridized carbons (Fsp3) is 0.833. The van der Waals surface area contributed by atoms with E-state index in [1.54, 1.807) is 0 Å². The molecule has 1 aliphatic carbocycles. The molecule has 1 aromatic rings. The Morgan fingerprint density at radius 3 is 2.82 bits per heavy atom. The molecule has 0 spiro atoms. The van der Waals surface area contributed by atoms with Crippen molar-refractivity contribution >= 4 is 6.01 Å². The minimum Gasteiger partial charge on any atom is -0.406 e. The van der Waals surface area contributed by atoms with Crippen LogP contribution < -0.4 is 10.2 Å². The fourth-order valence-corrected chi connectivity index (χ4v) is 1.80. The van der Waals surface area contributed by atoms with E-state index in [2.05, 4.69) is 27.3 Å². The molecule has 1 heterocycles. The van der Waals surface area contributed by atoms with Gasteiger partial charge >= 0.3 is 6.01 Å². The van der Waals surface area contributed by atoms with Crippen LogP contribution >= 0.6 is 0 Å². The SMILES string of the molecule is CCCN(CC1CC1)c1nnc(C(C)NC)o1. The van der Waals surface area contributed by atoms with E-state index in [1.165, 1.54) is 12.8 Å². The van der Waals surface area contributed by atoms with Gasteiger partial charge in [-0.05, 0) is 39.2 Å². The zero-order chi connectivity index (χ0) is 12.3. The number of anilines is 1. The van der Waals surface area contributed by atoms with Gasteiger partial charge in [0.2, 0.25) is 5.89 Å². The molecule has 5 heteroatoms. The van der Waals surface area contributed by atoms with E-state index in [0.717, 1.165) is 25.4 Å². The lowest BCUT2D eigenvalue weighted by Gasteiger charge is -2.18. The van der Waals surface area contributed by atoms with Crippen LogP contribution in [-0.4, -0.2) is 30.3 Å². The molecule has 0 saturated heterocycles. The predicted octanol–water partition coefficient (Wildman–Crippen LogP) is 1.98. The highest BCUT2D eigenvalue weighted by molar-refractivity contribution is 5.24. The second-order valence-electron chi connectivity index (χ2n) is 4.82. The van der Waals surface area contributed by atoms with Crippen molar-refractivity contribution < 1.29 is 4.42 Å². The third-order valence-corrected chi connectivity index (χ3v) is 3.17. The summed E-state index contributed by atoms with van der Waals surface area (Å²) < 4.78 is 5.72. The average molecular weight is 238 g/mol. The fourth-order valence-electron chi connectivity index (χ4n) is 1.80. The van der Waals surface area contributed by atoms with Gasteiger partial charge in [-0.25, -0.2) is 0 Å². The minimum absolute atomic E-state index is 0.112. The standard InChI is InChI=1S/C12H22N4O/c1-4-7-16(8-10-5-6-10)12-15-14-11(17-12)9(2)13-3/h9-10,13H,4-8H2,1-3H3. The van der Waals surface area contributed by atoms with Crippen molar-refractivity contribution in [3.05, 3.63) is 5.89 Å². The number of rotatable bonds is 7. The summed E-state index contributed by atoms with van der Waals surface area (Å²) in [4.78, 5) is 2.22. The van der Waals surface area contributed by atoms with E-state index >= 15 is 0 Å². The lowest BCUT2D eigenvalue weighted by Crippen LogP contribution is -2.26. The molecule has 0 aliphatic heterocycles. The minimum atomic E-state index is 0.112. The van der Waals surface area contributed by atoms with Gasteiger partial charge in [0.25, 0.3) is 0 Å². The van der Waals surface area contributed by atoms with Crippen LogP contribution in [0.25, 0.3) is 0 Å². The Morgan fingerprint density at radius 2 is 2.24 bits per heavy atom. The zero-order valence-corrected chi connectivity index (χ0v) is 10.9. The van der Waals surface area contributed by atoms with E-state index in [9.17, 15) is 0 Å². The third kappa shape index (κ3) is 3.19. The molecule has 0 amide bonds. The second kappa shape index (κ2) is 5.49. The number of nitrogens with one attached hydrogen (secondary N) is 1. The van der Waals surface area contributed by atoms with Gasteiger partial charge in [0.05, 0.1) is 6.04 Å². The van der Waals surface area contributed by atoms with Crippen molar-refractivity contribution in [3.63, 3.8) is 0 Å². The topological polar surface area (TPSA) is 54.2 Å². The first-order valence-electron chi connectivity index (χ1n) is 6.50. The first-order chi connectivity index (χ1) is 8.24. The quantitative estimate of drug-likeness (QED) is 0.787. The van der Waals surface area contributed by atoms with Crippen molar-refractivity contribution in [2.45, 2.75) is 39.2 Å². The summed E-state index contributed by atoms with van der Waals surface area (Å²) in [6.07, 6.45) is 3.79. The van der Waals surface area contributed by atoms with Gasteiger partial charge < -0.3 is 14.6 Å². The maximum Gasteiger partial charge on any atom is 0.318 e. The van der Waals surface area contributed by atoms with Crippen LogP contribution in [0.15, 0.2) is 4.42 Å². The smallest absolute Gasteiger partial charge is 0.318 e. The van der Waals surface area contributed by atoms with Crippen LogP contribution in [0.2, 0.25) is 0 Å². The Hall–Kier alpha value is -1.10. The number of nitrogens with zero attached hydrogens (tertiary/aromatic N) is 3. The monoisotopic (exact) mass is 238 g/mol. The highest BCUT2D eigenvalue weighted by atomic mass is 16.4. The summed E-state index contributed by atoms with van der Waals surface area (Å²) in [6, 6.07) is 0.788. The average Bonchev–Trinajstić information content (AvgIpc) is 3.02. The molecule has 1 unspecified atom stereocenters. The van der Waals surface area contributed by atoms with Crippen LogP contribution in [0.5, 0.6) is 0 Å². The van der Waals surface area contributed by atoms with E-state index in [1.807, 2.05) is 14.0 Å². The largest absolute Gasteiger partial charge is 0.406 e. The van der Waals surface area contributed by atoms with Crippen molar-refractivity contribution in [2.75, 3.05) is 25.0 Å². The molecule has 96 valence electrons. The molecule has 17 heavy (non-hydrogen) atoms. The molecular weight excluding hydrogens is 216 g/mol. The van der Waals surface area contributed by atoms with Gasteiger partial charge in [-0.15, -0.1) is 5.10 Å². The van der Waals surface area contributed by atoms with Crippen molar-refractivity contribution in [3.8, 4) is 0 Å². The molecule has 1 fully saturated rings. The molecule has 1 saturated carbocycles. The molecule has 1 aromatic heterocycles. The van der Waals surface area contributed by atoms with Crippen molar-refractivity contribution in [1.29, 1.82) is 0 Å². The Kier molecular flexibility index (Phi) is 3.99. The molecule has 0 radical (unpaired) electrons. The van der Waals surface area contributed by atoms with Crippen LogP contribution in [0.1, 0.15) is 45.0 Å². The Bertz CT molecular complexity index is 348. The van der Waals surface area contributed by atoms with Crippen LogP contribution in [-0.2, 0) is 0 Å². The molecule has 1 aliphatic rings. The van der Waals surface area contributed by atoms with E-state index in [4.69, 9.17) is 4.42 Å². The number of hydrogen-bond donors (Lipinski definition) is 1. The van der Waals surface area contributed by atoms with Gasteiger partial charge in [-0.3, -0.25) is 0 Å². The molecule has 1 N–H and O–H groups in total. The highest BCUT2D eigenvalue weighted by Crippen LogP contribution is 2.31. The summed E-state index contributed by atoms with van der Waals surface area (Å²) >= 11 is 0. The Morgan fingerprint density at radius 1 is 1.47 bits per heavy atom. The van der Waals surface area contributed by atoms with Gasteiger partial charge in [-0.1, -0.05) is 12.0 Å². The highest BCUT2D eigenvalue weighted by Gasteiger charge is 2.26. The third-order valence-electron chi connectivity index (χ3n) is 3.17. The maximum absolute atomic E-state index is 5.72. The van der Waals surface area contributed by atoms with E-state index in [0.29, 0.717) is 11.9 Å². The predicted molar refractivity (Wildman–Crippen MR) is 67.0 cm³/mol. The second-order valence-corrected chi connectivity index (χ2v) is 4.82. The van der Waals surface area contributed by atoms with E-state index in [-0.39, 0.29) is 6.04 Å². The van der Waals surface area contributed by atoms with Gasteiger partial charge in [0.1, 0.15) is 0 Å². The van der Waals surface area contributed by atoms with Crippen LogP contribution in [0.4, 0.5) is 6.01 Å². The molecule has 0 aromatic carbocycles. The molecule has 0 bridgehead atoms. The first-order valence-corrected chi connectivity index (χ1v) is 6.50. The Balaban J connectivity index is 2.03. The first kappa shape index (κ1) is 12.4. The van der Waals surface area contributed by atoms with Crippen LogP contribution in [0.3, 0.4) is 0 Å². The lowest BCUT2D eigenvalue weighted by molar-refractivity contribution is 0.427. The van der Waals surface area contributed by atoms with Gasteiger partial charge in [0.15, 0.2) is 0 Å². The summed E-state index contributed by atoms with van der Waals surface area (Å²) in [5.41, 5.74) is 0. The number of aromatic nitrogens is 2. The van der Waals surface area contributed by atoms with E-state index < -0.39 is 0 Å².